The van der Waals surface area contributed by atoms with Gasteiger partial charge in [0.15, 0.2) is 0 Å². The summed E-state index contributed by atoms with van der Waals surface area (Å²) in [5.41, 5.74) is 0. The van der Waals surface area contributed by atoms with Gasteiger partial charge in [-0.25, -0.2) is 0 Å². The molecular formula is C22H32O5. The van der Waals surface area contributed by atoms with Crippen molar-refractivity contribution >= 4 is 11.8 Å². The Morgan fingerprint density at radius 1 is 1.19 bits per heavy atom. The third kappa shape index (κ3) is 9.50. The summed E-state index contributed by atoms with van der Waals surface area (Å²) in [6.07, 6.45) is 17.2. The number of carboxylic acids is 1. The van der Waals surface area contributed by atoms with Crippen molar-refractivity contribution in [2.45, 2.75) is 64.1 Å². The summed E-state index contributed by atoms with van der Waals surface area (Å²) < 4.78 is 0. The lowest BCUT2D eigenvalue weighted by Crippen LogP contribution is -2.19. The lowest BCUT2D eigenvalue weighted by Gasteiger charge is -2.16. The topological polar surface area (TPSA) is 94.8 Å². The third-order valence-corrected chi connectivity index (χ3v) is 4.60. The zero-order chi connectivity index (χ0) is 20.1. The molecule has 0 aliphatic heterocycles. The molecule has 27 heavy (non-hydrogen) atoms. The van der Waals surface area contributed by atoms with E-state index < -0.39 is 18.2 Å². The van der Waals surface area contributed by atoms with E-state index in [1.54, 1.807) is 12.2 Å². The van der Waals surface area contributed by atoms with Crippen molar-refractivity contribution in [3.63, 3.8) is 0 Å². The van der Waals surface area contributed by atoms with Crippen molar-refractivity contribution in [2.24, 2.45) is 11.8 Å². The Kier molecular flexibility index (Phi) is 11.3. The summed E-state index contributed by atoms with van der Waals surface area (Å²) in [4.78, 5) is 22.5. The minimum Gasteiger partial charge on any atom is -0.481 e. The normalized spacial score (nSPS) is 24.9. The summed E-state index contributed by atoms with van der Waals surface area (Å²) in [7, 11) is 0. The molecule has 1 fully saturated rings. The number of rotatable bonds is 12. The van der Waals surface area contributed by atoms with Gasteiger partial charge < -0.3 is 15.3 Å². The lowest BCUT2D eigenvalue weighted by atomic mass is 9.90. The van der Waals surface area contributed by atoms with Crippen LogP contribution in [0, 0.1) is 11.8 Å². The molecule has 1 aliphatic rings. The zero-order valence-corrected chi connectivity index (χ0v) is 16.0. The van der Waals surface area contributed by atoms with Gasteiger partial charge in [-0.3, -0.25) is 9.59 Å². The third-order valence-electron chi connectivity index (χ3n) is 4.60. The van der Waals surface area contributed by atoms with Crippen LogP contribution in [0.3, 0.4) is 0 Å². The molecule has 0 saturated heterocycles. The fourth-order valence-corrected chi connectivity index (χ4v) is 3.10. The maximum absolute atomic E-state index is 12.1. The molecule has 5 heteroatoms. The minimum absolute atomic E-state index is 0.0158. The highest BCUT2D eigenvalue weighted by molar-refractivity contribution is 5.86. The highest BCUT2D eigenvalue weighted by atomic mass is 16.4. The predicted molar refractivity (Wildman–Crippen MR) is 106 cm³/mol. The highest BCUT2D eigenvalue weighted by Crippen LogP contribution is 2.33. The molecule has 4 atom stereocenters. The molecule has 1 saturated carbocycles. The number of carbonyl (C=O) groups excluding carboxylic acids is 1. The van der Waals surface area contributed by atoms with Crippen molar-refractivity contribution in [3.05, 3.63) is 48.6 Å². The first-order valence-corrected chi connectivity index (χ1v) is 9.69. The number of hydrogen-bond donors (Lipinski definition) is 3. The molecule has 0 radical (unpaired) electrons. The first-order valence-electron chi connectivity index (χ1n) is 9.69. The van der Waals surface area contributed by atoms with Crippen molar-refractivity contribution in [1.29, 1.82) is 0 Å². The molecule has 0 unspecified atom stereocenters. The van der Waals surface area contributed by atoms with E-state index in [1.165, 1.54) is 0 Å². The Hall–Kier alpha value is -1.98. The van der Waals surface area contributed by atoms with Crippen LogP contribution in [0.2, 0.25) is 0 Å². The molecule has 0 aromatic heterocycles. The molecule has 1 aliphatic carbocycles. The first kappa shape index (κ1) is 23.1. The molecule has 0 spiro atoms. The first-order chi connectivity index (χ1) is 13.0. The molecule has 3 N–H and O–H groups in total. The van der Waals surface area contributed by atoms with Crippen LogP contribution >= 0.6 is 0 Å². The molecule has 150 valence electrons. The summed E-state index contributed by atoms with van der Waals surface area (Å²) in [6, 6.07) is 0. The van der Waals surface area contributed by atoms with E-state index in [0.717, 1.165) is 6.42 Å². The monoisotopic (exact) mass is 376 g/mol. The van der Waals surface area contributed by atoms with E-state index in [-0.39, 0.29) is 30.5 Å². The second-order valence-electron chi connectivity index (χ2n) is 6.84. The van der Waals surface area contributed by atoms with Crippen LogP contribution in [0.5, 0.6) is 0 Å². The molecule has 0 aromatic carbocycles. The fourth-order valence-electron chi connectivity index (χ4n) is 3.10. The van der Waals surface area contributed by atoms with Crippen molar-refractivity contribution in [2.75, 3.05) is 0 Å². The van der Waals surface area contributed by atoms with Crippen LogP contribution < -0.4 is 0 Å². The van der Waals surface area contributed by atoms with Gasteiger partial charge in [-0.15, -0.1) is 0 Å². The Bertz CT molecular complexity index is 573. The van der Waals surface area contributed by atoms with Crippen molar-refractivity contribution in [1.82, 2.24) is 0 Å². The average molecular weight is 376 g/mol. The van der Waals surface area contributed by atoms with E-state index in [0.29, 0.717) is 25.7 Å². The number of carboxylic acid groups (broad SMARTS) is 1. The zero-order valence-electron chi connectivity index (χ0n) is 16.0. The van der Waals surface area contributed by atoms with Crippen LogP contribution in [-0.2, 0) is 9.59 Å². The average Bonchev–Trinajstić information content (AvgIpc) is 2.88. The molecule has 0 heterocycles. The van der Waals surface area contributed by atoms with Gasteiger partial charge in [0.2, 0.25) is 0 Å². The highest BCUT2D eigenvalue weighted by Gasteiger charge is 2.39. The Morgan fingerprint density at radius 2 is 1.93 bits per heavy atom. The van der Waals surface area contributed by atoms with Crippen molar-refractivity contribution in [3.8, 4) is 0 Å². The van der Waals surface area contributed by atoms with Gasteiger partial charge in [-0.2, -0.15) is 0 Å². The summed E-state index contributed by atoms with van der Waals surface area (Å²) in [5, 5.41) is 28.7. The van der Waals surface area contributed by atoms with Gasteiger partial charge in [0.25, 0.3) is 0 Å². The number of aliphatic hydroxyl groups excluding tert-OH is 2. The van der Waals surface area contributed by atoms with Gasteiger partial charge in [0.05, 0.1) is 12.2 Å². The Balaban J connectivity index is 2.48. The fraction of sp³-hybridized carbons (Fsp3) is 0.545. The number of carbonyl (C=O) groups is 2. The second-order valence-corrected chi connectivity index (χ2v) is 6.84. The summed E-state index contributed by atoms with van der Waals surface area (Å²) >= 11 is 0. The van der Waals surface area contributed by atoms with Gasteiger partial charge in [-0.05, 0) is 32.1 Å². The molecule has 0 aromatic rings. The van der Waals surface area contributed by atoms with Crippen LogP contribution in [0.25, 0.3) is 0 Å². The molecule has 5 nitrogen and oxygen atoms in total. The number of ketones is 1. The van der Waals surface area contributed by atoms with Crippen LogP contribution in [0.15, 0.2) is 48.6 Å². The van der Waals surface area contributed by atoms with Gasteiger partial charge in [-0.1, -0.05) is 55.5 Å². The standard InChI is InChI=1S/C22H32O5/c1-2-3-8-11-17(23)14-15-19-18(20(24)16-21(19)25)12-9-6-4-5-7-10-13-22(26)27/h3,5-9,14-15,17-20,23-24H,2,4,10-13,16H2,1H3,(H,26,27)/b7-5-,8-3-,9-6-,15-14+/t17-,18-,19-,20+/m1/s1. The Morgan fingerprint density at radius 3 is 2.63 bits per heavy atom. The van der Waals surface area contributed by atoms with Crippen LogP contribution in [-0.4, -0.2) is 39.3 Å². The summed E-state index contributed by atoms with van der Waals surface area (Å²) in [5.74, 6) is -1.32. The minimum atomic E-state index is -0.805. The Labute approximate surface area is 161 Å². The van der Waals surface area contributed by atoms with E-state index in [9.17, 15) is 19.8 Å². The second kappa shape index (κ2) is 13.2. The van der Waals surface area contributed by atoms with E-state index in [4.69, 9.17) is 5.11 Å². The quantitative estimate of drug-likeness (QED) is 0.453. The molecular weight excluding hydrogens is 344 g/mol. The summed E-state index contributed by atoms with van der Waals surface area (Å²) in [6.45, 7) is 2.03. The van der Waals surface area contributed by atoms with Crippen molar-refractivity contribution < 1.29 is 24.9 Å². The van der Waals surface area contributed by atoms with Crippen LogP contribution in [0.1, 0.15) is 51.9 Å². The number of allylic oxidation sites excluding steroid dienone is 6. The van der Waals surface area contributed by atoms with E-state index >= 15 is 0 Å². The smallest absolute Gasteiger partial charge is 0.303 e. The number of Topliss-reactive ketones (excluding diaryl/α,β-unsaturated/α-hetero) is 1. The van der Waals surface area contributed by atoms with E-state index in [1.807, 2.05) is 43.4 Å². The van der Waals surface area contributed by atoms with Crippen LogP contribution in [0.4, 0.5) is 0 Å². The van der Waals surface area contributed by atoms with Gasteiger partial charge >= 0.3 is 5.97 Å². The lowest BCUT2D eigenvalue weighted by molar-refractivity contribution is -0.136. The number of aliphatic hydroxyl groups is 2. The molecule has 1 rings (SSSR count). The predicted octanol–water partition coefficient (Wildman–Crippen LogP) is 3.58. The number of hydrogen-bond acceptors (Lipinski definition) is 4. The number of aliphatic carboxylic acids is 1. The molecule has 0 bridgehead atoms. The van der Waals surface area contributed by atoms with Gasteiger partial charge in [0.1, 0.15) is 5.78 Å². The largest absolute Gasteiger partial charge is 0.481 e. The maximum atomic E-state index is 12.1. The maximum Gasteiger partial charge on any atom is 0.303 e. The van der Waals surface area contributed by atoms with Gasteiger partial charge in [0, 0.05) is 24.7 Å². The van der Waals surface area contributed by atoms with E-state index in [2.05, 4.69) is 0 Å². The molecule has 0 amide bonds. The SMILES string of the molecule is CC/C=C\C[C@@H](O)/C=C/[C@H]1C(=O)C[C@H](O)[C@@H]1C/C=C\C/C=C\CCC(=O)O.